The summed E-state index contributed by atoms with van der Waals surface area (Å²) in [6.07, 6.45) is 1.85. The van der Waals surface area contributed by atoms with Crippen LogP contribution in [0.5, 0.6) is 0 Å². The van der Waals surface area contributed by atoms with Crippen LogP contribution in [0.1, 0.15) is 33.6 Å². The molecule has 0 aliphatic rings. The lowest BCUT2D eigenvalue weighted by Crippen LogP contribution is -2.38. The summed E-state index contributed by atoms with van der Waals surface area (Å²) in [5, 5.41) is 11.2. The van der Waals surface area contributed by atoms with Gasteiger partial charge in [0.05, 0.1) is 0 Å². The van der Waals surface area contributed by atoms with Crippen molar-refractivity contribution in [3.63, 3.8) is 0 Å². The molecule has 1 amide bonds. The molecule has 0 rings (SSSR count). The molecule has 0 aromatic carbocycles. The van der Waals surface area contributed by atoms with Crippen molar-refractivity contribution in [2.24, 2.45) is 5.92 Å². The predicted octanol–water partition coefficient (Wildman–Crippen LogP) is 1.01. The summed E-state index contributed by atoms with van der Waals surface area (Å²) in [6, 6.07) is 0.0549. The third kappa shape index (κ3) is 4.50. The summed E-state index contributed by atoms with van der Waals surface area (Å²) in [4.78, 5) is 21.6. The molecule has 2 atom stereocenters. The van der Waals surface area contributed by atoms with Crippen molar-refractivity contribution in [3.05, 3.63) is 0 Å². The lowest BCUT2D eigenvalue weighted by atomic mass is 10.1. The predicted molar refractivity (Wildman–Crippen MR) is 49.3 cm³/mol. The summed E-state index contributed by atoms with van der Waals surface area (Å²) in [7, 11) is 0. The number of hydrogen-bond acceptors (Lipinski definition) is 2. The summed E-state index contributed by atoms with van der Waals surface area (Å²) in [5.41, 5.74) is 0. The quantitative estimate of drug-likeness (QED) is 0.631. The van der Waals surface area contributed by atoms with E-state index in [1.54, 1.807) is 0 Å². The molecule has 0 aliphatic heterocycles. The SMILES string of the molecule is CCCC(C)NC(=O)C(C)C(=O)O. The zero-order valence-electron chi connectivity index (χ0n) is 8.33. The first-order valence-corrected chi connectivity index (χ1v) is 4.52. The second-order valence-corrected chi connectivity index (χ2v) is 3.26. The van der Waals surface area contributed by atoms with Crippen LogP contribution in [0.2, 0.25) is 0 Å². The van der Waals surface area contributed by atoms with Crippen molar-refractivity contribution in [2.75, 3.05) is 0 Å². The molecule has 0 radical (unpaired) electrons. The molecule has 0 saturated heterocycles. The fourth-order valence-corrected chi connectivity index (χ4v) is 0.985. The molecule has 0 fully saturated rings. The highest BCUT2D eigenvalue weighted by Crippen LogP contribution is 1.99. The molecule has 0 saturated carbocycles. The highest BCUT2D eigenvalue weighted by Gasteiger charge is 2.21. The molecule has 0 aromatic heterocycles. The molecule has 0 aromatic rings. The molecule has 2 unspecified atom stereocenters. The number of carbonyl (C=O) groups is 2. The molecule has 76 valence electrons. The number of aliphatic carboxylic acids is 1. The van der Waals surface area contributed by atoms with Gasteiger partial charge in [-0.25, -0.2) is 0 Å². The van der Waals surface area contributed by atoms with Crippen LogP contribution in [0, 0.1) is 5.92 Å². The fourth-order valence-electron chi connectivity index (χ4n) is 0.985. The summed E-state index contributed by atoms with van der Waals surface area (Å²) in [6.45, 7) is 5.27. The number of nitrogens with one attached hydrogen (secondary N) is 1. The first-order chi connectivity index (χ1) is 5.99. The lowest BCUT2D eigenvalue weighted by Gasteiger charge is -2.14. The van der Waals surface area contributed by atoms with E-state index in [0.717, 1.165) is 12.8 Å². The smallest absolute Gasteiger partial charge is 0.315 e. The summed E-state index contributed by atoms with van der Waals surface area (Å²) in [5.74, 6) is -2.45. The minimum absolute atomic E-state index is 0.0549. The number of rotatable bonds is 5. The van der Waals surface area contributed by atoms with Crippen LogP contribution in [-0.4, -0.2) is 23.0 Å². The zero-order valence-corrected chi connectivity index (χ0v) is 8.33. The van der Waals surface area contributed by atoms with Crippen molar-refractivity contribution in [1.29, 1.82) is 0 Å². The molecular weight excluding hydrogens is 170 g/mol. The van der Waals surface area contributed by atoms with Crippen LogP contribution >= 0.6 is 0 Å². The normalized spacial score (nSPS) is 14.7. The zero-order chi connectivity index (χ0) is 10.4. The van der Waals surface area contributed by atoms with Crippen molar-refractivity contribution < 1.29 is 14.7 Å². The van der Waals surface area contributed by atoms with Crippen molar-refractivity contribution in [2.45, 2.75) is 39.7 Å². The van der Waals surface area contributed by atoms with Gasteiger partial charge in [0.1, 0.15) is 5.92 Å². The van der Waals surface area contributed by atoms with Gasteiger partial charge in [0.15, 0.2) is 0 Å². The van der Waals surface area contributed by atoms with E-state index in [1.807, 2.05) is 13.8 Å². The molecule has 2 N–H and O–H groups in total. The number of amides is 1. The third-order valence-corrected chi connectivity index (χ3v) is 1.87. The van der Waals surface area contributed by atoms with E-state index in [4.69, 9.17) is 5.11 Å². The van der Waals surface area contributed by atoms with Gasteiger partial charge in [0, 0.05) is 6.04 Å². The summed E-state index contributed by atoms with van der Waals surface area (Å²) >= 11 is 0. The number of hydrogen-bond donors (Lipinski definition) is 2. The third-order valence-electron chi connectivity index (χ3n) is 1.87. The molecule has 13 heavy (non-hydrogen) atoms. The Bertz CT molecular complexity index is 191. The first kappa shape index (κ1) is 11.9. The molecule has 0 spiro atoms. The second kappa shape index (κ2) is 5.56. The van der Waals surface area contributed by atoms with Gasteiger partial charge >= 0.3 is 5.97 Å². The Balaban J connectivity index is 3.92. The fraction of sp³-hybridized carbons (Fsp3) is 0.778. The van der Waals surface area contributed by atoms with E-state index in [-0.39, 0.29) is 6.04 Å². The van der Waals surface area contributed by atoms with E-state index >= 15 is 0 Å². The molecular formula is C9H17NO3. The Morgan fingerprint density at radius 1 is 1.38 bits per heavy atom. The lowest BCUT2D eigenvalue weighted by molar-refractivity contribution is -0.146. The first-order valence-electron chi connectivity index (χ1n) is 4.52. The molecule has 4 nitrogen and oxygen atoms in total. The Kier molecular flexibility index (Phi) is 5.11. The molecule has 0 heterocycles. The van der Waals surface area contributed by atoms with Gasteiger partial charge in [0.25, 0.3) is 0 Å². The Labute approximate surface area is 78.3 Å². The second-order valence-electron chi connectivity index (χ2n) is 3.26. The van der Waals surface area contributed by atoms with Gasteiger partial charge < -0.3 is 10.4 Å². The average molecular weight is 187 g/mol. The average Bonchev–Trinajstić information content (AvgIpc) is 2.03. The van der Waals surface area contributed by atoms with E-state index < -0.39 is 17.8 Å². The highest BCUT2D eigenvalue weighted by atomic mass is 16.4. The Morgan fingerprint density at radius 2 is 1.92 bits per heavy atom. The van der Waals surface area contributed by atoms with E-state index in [0.29, 0.717) is 0 Å². The van der Waals surface area contributed by atoms with E-state index in [1.165, 1.54) is 6.92 Å². The van der Waals surface area contributed by atoms with Crippen LogP contribution < -0.4 is 5.32 Å². The van der Waals surface area contributed by atoms with Crippen molar-refractivity contribution in [1.82, 2.24) is 5.32 Å². The standard InChI is InChI=1S/C9H17NO3/c1-4-5-6(2)10-8(11)7(3)9(12)13/h6-7H,4-5H2,1-3H3,(H,10,11)(H,12,13). The monoisotopic (exact) mass is 187 g/mol. The van der Waals surface area contributed by atoms with Crippen LogP contribution in [-0.2, 0) is 9.59 Å². The summed E-state index contributed by atoms with van der Waals surface area (Å²) < 4.78 is 0. The largest absolute Gasteiger partial charge is 0.481 e. The topological polar surface area (TPSA) is 66.4 Å². The maximum atomic E-state index is 11.2. The molecule has 4 heteroatoms. The highest BCUT2D eigenvalue weighted by molar-refractivity contribution is 5.96. The van der Waals surface area contributed by atoms with Gasteiger partial charge in [-0.15, -0.1) is 0 Å². The maximum absolute atomic E-state index is 11.2. The number of carbonyl (C=O) groups excluding carboxylic acids is 1. The van der Waals surface area contributed by atoms with Gasteiger partial charge in [-0.3, -0.25) is 9.59 Å². The van der Waals surface area contributed by atoms with Crippen molar-refractivity contribution >= 4 is 11.9 Å². The van der Waals surface area contributed by atoms with Crippen LogP contribution in [0.15, 0.2) is 0 Å². The van der Waals surface area contributed by atoms with Crippen LogP contribution in [0.3, 0.4) is 0 Å². The van der Waals surface area contributed by atoms with Gasteiger partial charge in [-0.1, -0.05) is 13.3 Å². The Hall–Kier alpha value is -1.06. The van der Waals surface area contributed by atoms with Crippen LogP contribution in [0.25, 0.3) is 0 Å². The van der Waals surface area contributed by atoms with Gasteiger partial charge in [-0.05, 0) is 20.3 Å². The Morgan fingerprint density at radius 3 is 2.31 bits per heavy atom. The molecule has 0 bridgehead atoms. The molecule has 0 aliphatic carbocycles. The van der Waals surface area contributed by atoms with E-state index in [2.05, 4.69) is 5.32 Å². The minimum atomic E-state index is -1.08. The number of carboxylic acid groups (broad SMARTS) is 1. The van der Waals surface area contributed by atoms with Gasteiger partial charge in [0.2, 0.25) is 5.91 Å². The van der Waals surface area contributed by atoms with Gasteiger partial charge in [-0.2, -0.15) is 0 Å². The van der Waals surface area contributed by atoms with Crippen LogP contribution in [0.4, 0.5) is 0 Å². The number of carboxylic acids is 1. The maximum Gasteiger partial charge on any atom is 0.315 e. The minimum Gasteiger partial charge on any atom is -0.481 e. The van der Waals surface area contributed by atoms with E-state index in [9.17, 15) is 9.59 Å². The van der Waals surface area contributed by atoms with Crippen molar-refractivity contribution in [3.8, 4) is 0 Å².